The van der Waals surface area contributed by atoms with Crippen molar-refractivity contribution in [1.82, 2.24) is 14.5 Å². The number of pyridine rings is 1. The van der Waals surface area contributed by atoms with Crippen molar-refractivity contribution in [1.29, 1.82) is 0 Å². The molecule has 3 heterocycles. The van der Waals surface area contributed by atoms with E-state index in [0.29, 0.717) is 24.2 Å². The molecule has 3 aromatic heterocycles. The predicted molar refractivity (Wildman–Crippen MR) is 117 cm³/mol. The molecule has 0 spiro atoms. The number of benzene rings is 1. The van der Waals surface area contributed by atoms with Crippen LogP contribution in [0.1, 0.15) is 21.7 Å². The molecule has 0 saturated heterocycles. The normalized spacial score (nSPS) is 10.9. The molecular weight excluding hydrogens is 398 g/mol. The minimum Gasteiger partial charge on any atom is -0.497 e. The van der Waals surface area contributed by atoms with Crippen molar-refractivity contribution in [3.63, 3.8) is 0 Å². The fraction of sp³-hybridized carbons (Fsp3) is 0.174. The lowest BCUT2D eigenvalue weighted by Crippen LogP contribution is -2.07. The predicted octanol–water partition coefficient (Wildman–Crippen LogP) is 4.93. The van der Waals surface area contributed by atoms with Gasteiger partial charge in [0.2, 0.25) is 0 Å². The van der Waals surface area contributed by atoms with Gasteiger partial charge in [0.25, 0.3) is 0 Å². The van der Waals surface area contributed by atoms with Crippen LogP contribution in [-0.2, 0) is 13.0 Å². The largest absolute Gasteiger partial charge is 0.497 e. The molecule has 0 saturated carbocycles. The molecule has 6 nitrogen and oxygen atoms in total. The molecule has 0 aliphatic heterocycles. The molecule has 0 radical (unpaired) electrons. The number of rotatable bonds is 7. The van der Waals surface area contributed by atoms with E-state index < -0.39 is 5.97 Å². The van der Waals surface area contributed by atoms with Gasteiger partial charge in [-0.3, -0.25) is 4.98 Å². The van der Waals surface area contributed by atoms with Gasteiger partial charge in [-0.2, -0.15) is 0 Å². The van der Waals surface area contributed by atoms with Crippen molar-refractivity contribution in [3.05, 3.63) is 77.1 Å². The van der Waals surface area contributed by atoms with Crippen LogP contribution in [0.4, 0.5) is 0 Å². The highest BCUT2D eigenvalue weighted by Crippen LogP contribution is 2.32. The summed E-state index contributed by atoms with van der Waals surface area (Å²) in [5.74, 6) is -0.142. The Morgan fingerprint density at radius 2 is 2.00 bits per heavy atom. The topological polar surface area (TPSA) is 77.2 Å². The number of nitrogens with zero attached hydrogens (tertiary/aromatic N) is 3. The first kappa shape index (κ1) is 19.8. The molecular formula is C23H21N3O3S. The Bertz CT molecular complexity index is 1160. The molecule has 152 valence electrons. The average molecular weight is 420 g/mol. The molecule has 0 fully saturated rings. The van der Waals surface area contributed by atoms with Crippen LogP contribution in [0.5, 0.6) is 5.75 Å². The zero-order valence-corrected chi connectivity index (χ0v) is 17.5. The van der Waals surface area contributed by atoms with E-state index in [-0.39, 0.29) is 0 Å². The molecule has 0 atom stereocenters. The first-order chi connectivity index (χ1) is 14.6. The number of aromatic carboxylic acids is 1. The fourth-order valence-corrected chi connectivity index (χ4v) is 4.21. The van der Waals surface area contributed by atoms with E-state index in [9.17, 15) is 9.90 Å². The molecule has 30 heavy (non-hydrogen) atoms. The van der Waals surface area contributed by atoms with Crippen LogP contribution in [-0.4, -0.2) is 32.7 Å². The Morgan fingerprint density at radius 3 is 2.67 bits per heavy atom. The molecule has 0 unspecified atom stereocenters. The quantitative estimate of drug-likeness (QED) is 0.459. The van der Waals surface area contributed by atoms with Crippen LogP contribution < -0.4 is 4.74 Å². The molecule has 4 aromatic rings. The third kappa shape index (κ3) is 3.97. The Morgan fingerprint density at radius 1 is 1.20 bits per heavy atom. The lowest BCUT2D eigenvalue weighted by Gasteiger charge is -2.10. The number of aromatic nitrogens is 3. The summed E-state index contributed by atoms with van der Waals surface area (Å²) in [6.45, 7) is 2.46. The molecule has 1 aromatic carbocycles. The van der Waals surface area contributed by atoms with Gasteiger partial charge in [-0.1, -0.05) is 6.07 Å². The monoisotopic (exact) mass is 419 g/mol. The SMILES string of the molecule is COc1ccc(-c2nc(-c3cc(C(=O)O)c(C)n3CCc3ccccn3)cs2)cc1. The second-order valence-corrected chi connectivity index (χ2v) is 7.68. The third-order valence-corrected chi connectivity index (χ3v) is 5.91. The lowest BCUT2D eigenvalue weighted by molar-refractivity contribution is 0.0696. The summed E-state index contributed by atoms with van der Waals surface area (Å²) in [4.78, 5) is 20.9. The number of hydrogen-bond donors (Lipinski definition) is 1. The van der Waals surface area contributed by atoms with Gasteiger partial charge < -0.3 is 14.4 Å². The van der Waals surface area contributed by atoms with E-state index in [0.717, 1.165) is 33.4 Å². The number of carboxylic acid groups (broad SMARTS) is 1. The molecule has 0 amide bonds. The van der Waals surface area contributed by atoms with Crippen molar-refractivity contribution in [2.75, 3.05) is 7.11 Å². The van der Waals surface area contributed by atoms with Crippen molar-refractivity contribution in [2.24, 2.45) is 0 Å². The molecule has 0 bridgehead atoms. The summed E-state index contributed by atoms with van der Waals surface area (Å²) in [6, 6.07) is 15.3. The number of thiazole rings is 1. The number of aryl methyl sites for hydroxylation is 1. The van der Waals surface area contributed by atoms with Crippen molar-refractivity contribution < 1.29 is 14.6 Å². The summed E-state index contributed by atoms with van der Waals surface area (Å²) >= 11 is 1.53. The van der Waals surface area contributed by atoms with Crippen LogP contribution in [0.15, 0.2) is 60.1 Å². The zero-order valence-electron chi connectivity index (χ0n) is 16.7. The molecule has 7 heteroatoms. The highest BCUT2D eigenvalue weighted by atomic mass is 32.1. The van der Waals surface area contributed by atoms with Gasteiger partial charge in [0.1, 0.15) is 10.8 Å². The van der Waals surface area contributed by atoms with E-state index >= 15 is 0 Å². The zero-order chi connectivity index (χ0) is 21.1. The van der Waals surface area contributed by atoms with Crippen LogP contribution >= 0.6 is 11.3 Å². The molecule has 0 aliphatic rings. The highest BCUT2D eigenvalue weighted by molar-refractivity contribution is 7.13. The summed E-state index contributed by atoms with van der Waals surface area (Å²) in [7, 11) is 1.64. The summed E-state index contributed by atoms with van der Waals surface area (Å²) in [5, 5.41) is 12.5. The van der Waals surface area contributed by atoms with E-state index in [1.165, 1.54) is 11.3 Å². The van der Waals surface area contributed by atoms with Gasteiger partial charge in [0.15, 0.2) is 0 Å². The Labute approximate surface area is 178 Å². The number of methoxy groups -OCH3 is 1. The standard InChI is InChI=1S/C23H21N3O3S/c1-15-19(23(27)28)13-21(26(15)12-10-17-5-3-4-11-24-17)20-14-30-22(25-20)16-6-8-18(29-2)9-7-16/h3-9,11,13-14H,10,12H2,1-2H3,(H,27,28). The van der Waals surface area contributed by atoms with Gasteiger partial charge >= 0.3 is 5.97 Å². The van der Waals surface area contributed by atoms with Crippen LogP contribution in [0.2, 0.25) is 0 Å². The number of carbonyl (C=O) groups is 1. The first-order valence-electron chi connectivity index (χ1n) is 9.50. The maximum Gasteiger partial charge on any atom is 0.337 e. The van der Waals surface area contributed by atoms with Crippen LogP contribution in [0.25, 0.3) is 22.0 Å². The minimum atomic E-state index is -0.934. The second kappa shape index (κ2) is 8.51. The Balaban J connectivity index is 1.68. The van der Waals surface area contributed by atoms with E-state index in [1.54, 1.807) is 19.4 Å². The smallest absolute Gasteiger partial charge is 0.337 e. The van der Waals surface area contributed by atoms with Crippen molar-refractivity contribution in [3.8, 4) is 27.7 Å². The maximum absolute atomic E-state index is 11.7. The van der Waals surface area contributed by atoms with Crippen molar-refractivity contribution >= 4 is 17.3 Å². The average Bonchev–Trinajstić information content (AvgIpc) is 3.38. The van der Waals surface area contributed by atoms with Gasteiger partial charge in [-0.05, 0) is 49.4 Å². The molecule has 1 N–H and O–H groups in total. The Hall–Kier alpha value is -3.45. The third-order valence-electron chi connectivity index (χ3n) is 5.02. The van der Waals surface area contributed by atoms with Gasteiger partial charge in [-0.25, -0.2) is 9.78 Å². The lowest BCUT2D eigenvalue weighted by atomic mass is 10.2. The highest BCUT2D eigenvalue weighted by Gasteiger charge is 2.20. The van der Waals surface area contributed by atoms with E-state index in [1.807, 2.05) is 59.3 Å². The summed E-state index contributed by atoms with van der Waals surface area (Å²) in [5.41, 5.74) is 4.54. The van der Waals surface area contributed by atoms with Crippen LogP contribution in [0, 0.1) is 6.92 Å². The fourth-order valence-electron chi connectivity index (χ4n) is 3.39. The number of ether oxygens (including phenoxy) is 1. The maximum atomic E-state index is 11.7. The van der Waals surface area contributed by atoms with E-state index in [4.69, 9.17) is 9.72 Å². The Kier molecular flexibility index (Phi) is 5.63. The minimum absolute atomic E-state index is 0.296. The van der Waals surface area contributed by atoms with Crippen molar-refractivity contribution in [2.45, 2.75) is 19.9 Å². The van der Waals surface area contributed by atoms with Crippen LogP contribution in [0.3, 0.4) is 0 Å². The molecule has 0 aliphatic carbocycles. The first-order valence-corrected chi connectivity index (χ1v) is 10.4. The number of carboxylic acids is 1. The van der Waals surface area contributed by atoms with E-state index in [2.05, 4.69) is 4.98 Å². The number of hydrogen-bond acceptors (Lipinski definition) is 5. The van der Waals surface area contributed by atoms with Gasteiger partial charge in [0, 0.05) is 41.5 Å². The van der Waals surface area contributed by atoms with Gasteiger partial charge in [-0.15, -0.1) is 11.3 Å². The molecule has 4 rings (SSSR count). The summed E-state index contributed by atoms with van der Waals surface area (Å²) < 4.78 is 7.23. The van der Waals surface area contributed by atoms with Gasteiger partial charge in [0.05, 0.1) is 24.1 Å². The summed E-state index contributed by atoms with van der Waals surface area (Å²) in [6.07, 6.45) is 2.47. The second-order valence-electron chi connectivity index (χ2n) is 6.82.